The van der Waals surface area contributed by atoms with E-state index in [1.807, 2.05) is 41.0 Å². The topological polar surface area (TPSA) is 125 Å². The average molecular weight is 545 g/mol. The maximum Gasteiger partial charge on any atom is 0.278 e. The van der Waals surface area contributed by atoms with Gasteiger partial charge in [0.05, 0.1) is 29.6 Å². The number of hydrogen-bond acceptors (Lipinski definition) is 8. The standard InChI is InChI=1S/C28H28N6O4S/c1-28(2,3)21-11-9-19(10-12-21)26-31-32-27(33(26)22-13-15-23(38-4)16-14-22)39-18-25(35)30-29-17-20-7-5-6-8-24(20)34(36)37/h5-17H,18H2,1-4H3,(H,30,35)/b29-17-. The number of nitrogens with zero attached hydrogens (tertiary/aromatic N) is 5. The average Bonchev–Trinajstić information content (AvgIpc) is 3.35. The highest BCUT2D eigenvalue weighted by molar-refractivity contribution is 7.99. The van der Waals surface area contributed by atoms with Gasteiger partial charge >= 0.3 is 0 Å². The smallest absolute Gasteiger partial charge is 0.278 e. The van der Waals surface area contributed by atoms with Crippen molar-refractivity contribution >= 4 is 29.6 Å². The molecule has 11 heteroatoms. The van der Waals surface area contributed by atoms with Crippen molar-refractivity contribution in [3.8, 4) is 22.8 Å². The Bertz CT molecular complexity index is 1490. The van der Waals surface area contributed by atoms with E-state index < -0.39 is 10.8 Å². The van der Waals surface area contributed by atoms with Crippen LogP contribution in [0.1, 0.15) is 31.9 Å². The Kier molecular flexibility index (Phi) is 8.40. The van der Waals surface area contributed by atoms with Crippen LogP contribution in [0.15, 0.2) is 83.1 Å². The number of hydrazone groups is 1. The molecular formula is C28H28N6O4S. The van der Waals surface area contributed by atoms with Crippen LogP contribution in [0.4, 0.5) is 5.69 Å². The quantitative estimate of drug-likeness (QED) is 0.130. The molecular weight excluding hydrogens is 516 g/mol. The highest BCUT2D eigenvalue weighted by Gasteiger charge is 2.19. The van der Waals surface area contributed by atoms with E-state index in [0.717, 1.165) is 11.3 Å². The zero-order valence-corrected chi connectivity index (χ0v) is 22.8. The molecule has 0 saturated heterocycles. The number of amides is 1. The normalized spacial score (nSPS) is 11.5. The van der Waals surface area contributed by atoms with Crippen molar-refractivity contribution in [3.63, 3.8) is 0 Å². The van der Waals surface area contributed by atoms with Gasteiger partial charge in [-0.25, -0.2) is 5.43 Å². The summed E-state index contributed by atoms with van der Waals surface area (Å²) in [5.74, 6) is 0.965. The summed E-state index contributed by atoms with van der Waals surface area (Å²) < 4.78 is 7.19. The second kappa shape index (κ2) is 11.9. The van der Waals surface area contributed by atoms with E-state index in [0.29, 0.717) is 16.7 Å². The Morgan fingerprint density at radius 2 is 1.77 bits per heavy atom. The van der Waals surface area contributed by atoms with Gasteiger partial charge < -0.3 is 4.74 Å². The lowest BCUT2D eigenvalue weighted by atomic mass is 9.87. The summed E-state index contributed by atoms with van der Waals surface area (Å²) in [6, 6.07) is 21.8. The molecule has 0 spiro atoms. The number of nitrogens with one attached hydrogen (secondary N) is 1. The molecule has 0 radical (unpaired) electrons. The number of aromatic nitrogens is 3. The predicted octanol–water partition coefficient (Wildman–Crippen LogP) is 5.39. The van der Waals surface area contributed by atoms with Crippen molar-refractivity contribution in [1.82, 2.24) is 20.2 Å². The maximum absolute atomic E-state index is 12.5. The number of hydrogen-bond donors (Lipinski definition) is 1. The Hall–Kier alpha value is -4.51. The maximum atomic E-state index is 12.5. The van der Waals surface area contributed by atoms with Crippen LogP contribution in [0.2, 0.25) is 0 Å². The molecule has 0 aliphatic heterocycles. The van der Waals surface area contributed by atoms with E-state index in [4.69, 9.17) is 4.74 Å². The van der Waals surface area contributed by atoms with Gasteiger partial charge in [0.1, 0.15) is 5.75 Å². The van der Waals surface area contributed by atoms with Gasteiger partial charge in [0, 0.05) is 17.3 Å². The summed E-state index contributed by atoms with van der Waals surface area (Å²) in [5, 5.41) is 24.4. The van der Waals surface area contributed by atoms with Crippen LogP contribution in [-0.2, 0) is 10.2 Å². The molecule has 0 aliphatic carbocycles. The lowest BCUT2D eigenvalue weighted by Crippen LogP contribution is -2.20. The highest BCUT2D eigenvalue weighted by atomic mass is 32.2. The zero-order valence-electron chi connectivity index (χ0n) is 22.0. The first kappa shape index (κ1) is 27.5. The van der Waals surface area contributed by atoms with Crippen molar-refractivity contribution in [2.75, 3.05) is 12.9 Å². The fourth-order valence-corrected chi connectivity index (χ4v) is 4.48. The molecule has 1 aromatic heterocycles. The van der Waals surface area contributed by atoms with E-state index in [9.17, 15) is 14.9 Å². The second-order valence-electron chi connectivity index (χ2n) is 9.56. The minimum atomic E-state index is -0.501. The van der Waals surface area contributed by atoms with E-state index in [-0.39, 0.29) is 22.4 Å². The summed E-state index contributed by atoms with van der Waals surface area (Å²) in [7, 11) is 1.61. The zero-order chi connectivity index (χ0) is 28.0. The summed E-state index contributed by atoms with van der Waals surface area (Å²) >= 11 is 1.20. The highest BCUT2D eigenvalue weighted by Crippen LogP contribution is 2.30. The van der Waals surface area contributed by atoms with Crippen molar-refractivity contribution in [2.24, 2.45) is 5.10 Å². The van der Waals surface area contributed by atoms with Crippen molar-refractivity contribution < 1.29 is 14.5 Å². The molecule has 200 valence electrons. The minimum Gasteiger partial charge on any atom is -0.497 e. The van der Waals surface area contributed by atoms with Crippen LogP contribution in [0.3, 0.4) is 0 Å². The molecule has 0 atom stereocenters. The first-order valence-corrected chi connectivity index (χ1v) is 13.0. The van der Waals surface area contributed by atoms with Crippen molar-refractivity contribution in [3.05, 3.63) is 94.0 Å². The molecule has 0 fully saturated rings. The first-order chi connectivity index (χ1) is 18.7. The fourth-order valence-electron chi connectivity index (χ4n) is 3.73. The summed E-state index contributed by atoms with van der Waals surface area (Å²) in [6.07, 6.45) is 1.25. The van der Waals surface area contributed by atoms with Crippen LogP contribution in [0.25, 0.3) is 17.1 Å². The third-order valence-electron chi connectivity index (χ3n) is 5.83. The lowest BCUT2D eigenvalue weighted by Gasteiger charge is -2.19. The number of rotatable bonds is 9. The number of carbonyl (C=O) groups is 1. The second-order valence-corrected chi connectivity index (χ2v) is 10.5. The Morgan fingerprint density at radius 3 is 2.41 bits per heavy atom. The van der Waals surface area contributed by atoms with Gasteiger partial charge in [-0.05, 0) is 41.3 Å². The third-order valence-corrected chi connectivity index (χ3v) is 6.76. The molecule has 10 nitrogen and oxygen atoms in total. The van der Waals surface area contributed by atoms with Gasteiger partial charge in [-0.1, -0.05) is 68.9 Å². The Morgan fingerprint density at radius 1 is 1.08 bits per heavy atom. The number of para-hydroxylation sites is 1. The SMILES string of the molecule is COc1ccc(-n2c(SCC(=O)N/N=C\c3ccccc3[N+](=O)[O-])nnc2-c2ccc(C(C)(C)C)cc2)cc1. The molecule has 1 heterocycles. The predicted molar refractivity (Wildman–Crippen MR) is 152 cm³/mol. The van der Waals surface area contributed by atoms with Gasteiger partial charge in [0.15, 0.2) is 11.0 Å². The molecule has 1 amide bonds. The van der Waals surface area contributed by atoms with Crippen LogP contribution >= 0.6 is 11.8 Å². The van der Waals surface area contributed by atoms with Gasteiger partial charge in [0.25, 0.3) is 11.6 Å². The molecule has 4 aromatic rings. The van der Waals surface area contributed by atoms with Crippen LogP contribution in [0.5, 0.6) is 5.75 Å². The Labute approximate surface area is 230 Å². The summed E-state index contributed by atoms with van der Waals surface area (Å²) in [4.78, 5) is 23.2. The molecule has 1 N–H and O–H groups in total. The molecule has 0 unspecified atom stereocenters. The fraction of sp³-hybridized carbons (Fsp3) is 0.214. The number of carbonyl (C=O) groups excluding carboxylic acids is 1. The number of thioether (sulfide) groups is 1. The minimum absolute atomic E-state index is 0.00543. The van der Waals surface area contributed by atoms with E-state index in [1.54, 1.807) is 25.3 Å². The number of nitro benzene ring substituents is 1. The van der Waals surface area contributed by atoms with Crippen LogP contribution in [-0.4, -0.2) is 44.7 Å². The van der Waals surface area contributed by atoms with Crippen molar-refractivity contribution in [2.45, 2.75) is 31.3 Å². The monoisotopic (exact) mass is 544 g/mol. The van der Waals surface area contributed by atoms with E-state index in [1.165, 1.54) is 29.6 Å². The number of benzene rings is 3. The lowest BCUT2D eigenvalue weighted by molar-refractivity contribution is -0.385. The molecule has 0 aliphatic rings. The number of ether oxygens (including phenoxy) is 1. The summed E-state index contributed by atoms with van der Waals surface area (Å²) in [5.41, 5.74) is 5.53. The molecule has 3 aromatic carbocycles. The first-order valence-electron chi connectivity index (χ1n) is 12.1. The third kappa shape index (κ3) is 6.68. The number of methoxy groups -OCH3 is 1. The molecule has 0 bridgehead atoms. The summed E-state index contributed by atoms with van der Waals surface area (Å²) in [6.45, 7) is 6.48. The van der Waals surface area contributed by atoms with Gasteiger partial charge in [-0.15, -0.1) is 10.2 Å². The molecule has 0 saturated carbocycles. The van der Waals surface area contributed by atoms with Gasteiger partial charge in [-0.2, -0.15) is 5.10 Å². The largest absolute Gasteiger partial charge is 0.497 e. The van der Waals surface area contributed by atoms with Gasteiger partial charge in [-0.3, -0.25) is 19.5 Å². The van der Waals surface area contributed by atoms with Gasteiger partial charge in [0.2, 0.25) is 0 Å². The van der Waals surface area contributed by atoms with Crippen LogP contribution < -0.4 is 10.2 Å². The molecule has 39 heavy (non-hydrogen) atoms. The molecule has 4 rings (SSSR count). The van der Waals surface area contributed by atoms with Crippen molar-refractivity contribution in [1.29, 1.82) is 0 Å². The van der Waals surface area contributed by atoms with Crippen LogP contribution in [0, 0.1) is 10.1 Å². The Balaban J connectivity index is 1.55. The van der Waals surface area contributed by atoms with E-state index in [2.05, 4.69) is 53.6 Å². The van der Waals surface area contributed by atoms with E-state index >= 15 is 0 Å². The number of nitro groups is 1.